The highest BCUT2D eigenvalue weighted by Gasteiger charge is 2.31. The molecule has 2 rings (SSSR count). The van der Waals surface area contributed by atoms with E-state index in [0.717, 1.165) is 12.1 Å². The van der Waals surface area contributed by atoms with E-state index in [2.05, 4.69) is 25.2 Å². The maximum absolute atomic E-state index is 8.77. The highest BCUT2D eigenvalue weighted by molar-refractivity contribution is 5.31. The lowest BCUT2D eigenvalue weighted by Gasteiger charge is -2.39. The van der Waals surface area contributed by atoms with Crippen LogP contribution in [0.2, 0.25) is 0 Å². The average Bonchev–Trinajstić information content (AvgIpc) is 2.38. The van der Waals surface area contributed by atoms with Gasteiger partial charge in [0.15, 0.2) is 0 Å². The van der Waals surface area contributed by atoms with Crippen LogP contribution in [0.1, 0.15) is 50.7 Å². The first-order valence-electron chi connectivity index (χ1n) is 6.84. The van der Waals surface area contributed by atoms with Gasteiger partial charge < -0.3 is 5.32 Å². The second-order valence-electron chi connectivity index (χ2n) is 5.98. The van der Waals surface area contributed by atoms with Crippen LogP contribution in [0.5, 0.6) is 0 Å². The molecule has 1 aliphatic carbocycles. The molecule has 1 atom stereocenters. The Labute approximate surface area is 110 Å². The molecule has 0 heterocycles. The summed E-state index contributed by atoms with van der Waals surface area (Å²) in [5.41, 5.74) is 2.40. The van der Waals surface area contributed by atoms with Crippen LogP contribution in [0, 0.1) is 16.7 Å². The van der Waals surface area contributed by atoms with Crippen molar-refractivity contribution in [3.63, 3.8) is 0 Å². The number of nitrogens with zero attached hydrogens (tertiary/aromatic N) is 1. The lowest BCUT2D eigenvalue weighted by Crippen LogP contribution is -2.43. The maximum Gasteiger partial charge on any atom is 0.0991 e. The van der Waals surface area contributed by atoms with E-state index < -0.39 is 0 Å². The summed E-state index contributed by atoms with van der Waals surface area (Å²) >= 11 is 0. The van der Waals surface area contributed by atoms with E-state index in [1.54, 1.807) is 0 Å². The summed E-state index contributed by atoms with van der Waals surface area (Å²) in [6.45, 7) is 5.63. The van der Waals surface area contributed by atoms with Gasteiger partial charge in [0, 0.05) is 12.6 Å². The van der Waals surface area contributed by atoms with Crippen molar-refractivity contribution in [2.75, 3.05) is 0 Å². The lowest BCUT2D eigenvalue weighted by atomic mass is 9.73. The van der Waals surface area contributed by atoms with E-state index in [1.807, 2.05) is 24.3 Å². The molecule has 0 spiro atoms. The Hall–Kier alpha value is -1.33. The molecule has 0 amide bonds. The van der Waals surface area contributed by atoms with Gasteiger partial charge in [-0.1, -0.05) is 38.8 Å². The first-order valence-corrected chi connectivity index (χ1v) is 6.84. The van der Waals surface area contributed by atoms with Crippen LogP contribution >= 0.6 is 0 Å². The maximum atomic E-state index is 8.77. The fraction of sp³-hybridized carbons (Fsp3) is 0.562. The fourth-order valence-electron chi connectivity index (χ4n) is 2.81. The topological polar surface area (TPSA) is 35.8 Å². The van der Waals surface area contributed by atoms with Crippen molar-refractivity contribution in [1.29, 1.82) is 5.26 Å². The lowest BCUT2D eigenvalue weighted by molar-refractivity contribution is 0.167. The predicted octanol–water partition coefficient (Wildman–Crippen LogP) is 3.62. The minimum absolute atomic E-state index is 0.408. The standard InChI is InChI=1S/C16H22N2/c1-16(2)10-4-3-5-15(16)18-12-14-8-6-13(11-17)7-9-14/h6-9,15,18H,3-5,10,12H2,1-2H3. The molecule has 0 bridgehead atoms. The molecule has 0 saturated heterocycles. The van der Waals surface area contributed by atoms with E-state index in [0.29, 0.717) is 11.5 Å². The van der Waals surface area contributed by atoms with E-state index >= 15 is 0 Å². The summed E-state index contributed by atoms with van der Waals surface area (Å²) in [5, 5.41) is 12.4. The molecular formula is C16H22N2. The molecule has 1 N–H and O–H groups in total. The zero-order valence-electron chi connectivity index (χ0n) is 11.4. The minimum atomic E-state index is 0.408. The summed E-state index contributed by atoms with van der Waals surface area (Å²) in [7, 11) is 0. The molecule has 1 aliphatic rings. The SMILES string of the molecule is CC1(C)CCCCC1NCc1ccc(C#N)cc1. The second-order valence-corrected chi connectivity index (χ2v) is 5.98. The molecule has 0 aliphatic heterocycles. The van der Waals surface area contributed by atoms with Crippen molar-refractivity contribution in [2.24, 2.45) is 5.41 Å². The Bertz CT molecular complexity index is 425. The zero-order chi connectivity index (χ0) is 13.0. The molecule has 1 aromatic carbocycles. The molecule has 2 nitrogen and oxygen atoms in total. The van der Waals surface area contributed by atoms with Crippen molar-refractivity contribution >= 4 is 0 Å². The van der Waals surface area contributed by atoms with Gasteiger partial charge in [-0.2, -0.15) is 5.26 Å². The molecule has 96 valence electrons. The highest BCUT2D eigenvalue weighted by atomic mass is 14.9. The van der Waals surface area contributed by atoms with Crippen LogP contribution in [0.25, 0.3) is 0 Å². The normalized spacial score (nSPS) is 22.4. The Balaban J connectivity index is 1.92. The van der Waals surface area contributed by atoms with Crippen molar-refractivity contribution in [3.8, 4) is 6.07 Å². The first-order chi connectivity index (χ1) is 8.62. The molecule has 0 aromatic heterocycles. The van der Waals surface area contributed by atoms with Crippen LogP contribution in [0.15, 0.2) is 24.3 Å². The van der Waals surface area contributed by atoms with Gasteiger partial charge in [-0.25, -0.2) is 0 Å². The number of benzene rings is 1. The van der Waals surface area contributed by atoms with E-state index in [4.69, 9.17) is 5.26 Å². The average molecular weight is 242 g/mol. The Kier molecular flexibility index (Phi) is 4.04. The Morgan fingerprint density at radius 1 is 1.28 bits per heavy atom. The van der Waals surface area contributed by atoms with Gasteiger partial charge in [0.2, 0.25) is 0 Å². The van der Waals surface area contributed by atoms with Crippen LogP contribution in [0.3, 0.4) is 0 Å². The monoisotopic (exact) mass is 242 g/mol. The second kappa shape index (κ2) is 5.54. The largest absolute Gasteiger partial charge is 0.309 e. The molecule has 0 radical (unpaired) electrons. The molecule has 2 heteroatoms. The predicted molar refractivity (Wildman–Crippen MR) is 74.0 cm³/mol. The van der Waals surface area contributed by atoms with Crippen LogP contribution in [0.4, 0.5) is 0 Å². The summed E-state index contributed by atoms with van der Waals surface area (Å²) in [5.74, 6) is 0. The van der Waals surface area contributed by atoms with Crippen LogP contribution in [-0.4, -0.2) is 6.04 Å². The fourth-order valence-corrected chi connectivity index (χ4v) is 2.81. The summed E-state index contributed by atoms with van der Waals surface area (Å²) in [6.07, 6.45) is 5.30. The summed E-state index contributed by atoms with van der Waals surface area (Å²) in [4.78, 5) is 0. The quantitative estimate of drug-likeness (QED) is 0.878. The van der Waals surface area contributed by atoms with Crippen LogP contribution in [-0.2, 0) is 6.54 Å². The van der Waals surface area contributed by atoms with Gasteiger partial charge >= 0.3 is 0 Å². The van der Waals surface area contributed by atoms with Crippen molar-refractivity contribution in [3.05, 3.63) is 35.4 Å². The first kappa shape index (κ1) is 13.1. The number of rotatable bonds is 3. The number of hydrogen-bond acceptors (Lipinski definition) is 2. The third kappa shape index (κ3) is 3.11. The smallest absolute Gasteiger partial charge is 0.0991 e. The van der Waals surface area contributed by atoms with E-state index in [9.17, 15) is 0 Å². The zero-order valence-corrected chi connectivity index (χ0v) is 11.4. The van der Waals surface area contributed by atoms with Crippen molar-refractivity contribution < 1.29 is 0 Å². The van der Waals surface area contributed by atoms with E-state index in [-0.39, 0.29) is 0 Å². The summed E-state index contributed by atoms with van der Waals surface area (Å²) in [6, 6.07) is 10.6. The third-order valence-electron chi connectivity index (χ3n) is 4.14. The Morgan fingerprint density at radius 2 is 2.00 bits per heavy atom. The van der Waals surface area contributed by atoms with Gasteiger partial charge in [-0.3, -0.25) is 0 Å². The molecule has 1 fully saturated rings. The molecule has 18 heavy (non-hydrogen) atoms. The summed E-state index contributed by atoms with van der Waals surface area (Å²) < 4.78 is 0. The van der Waals surface area contributed by atoms with Crippen molar-refractivity contribution in [1.82, 2.24) is 5.32 Å². The minimum Gasteiger partial charge on any atom is -0.309 e. The molecule has 1 saturated carbocycles. The van der Waals surface area contributed by atoms with Crippen molar-refractivity contribution in [2.45, 2.75) is 52.1 Å². The molecule has 1 unspecified atom stereocenters. The van der Waals surface area contributed by atoms with Gasteiger partial charge in [0.1, 0.15) is 0 Å². The molecule has 1 aromatic rings. The van der Waals surface area contributed by atoms with Crippen LogP contribution < -0.4 is 5.32 Å². The van der Waals surface area contributed by atoms with Gasteiger partial charge in [-0.05, 0) is 36.0 Å². The number of nitrogens with one attached hydrogen (secondary N) is 1. The molecular weight excluding hydrogens is 220 g/mol. The number of hydrogen-bond donors (Lipinski definition) is 1. The van der Waals surface area contributed by atoms with Gasteiger partial charge in [0.25, 0.3) is 0 Å². The van der Waals surface area contributed by atoms with E-state index in [1.165, 1.54) is 31.2 Å². The van der Waals surface area contributed by atoms with Gasteiger partial charge in [0.05, 0.1) is 11.6 Å². The third-order valence-corrected chi connectivity index (χ3v) is 4.14. The van der Waals surface area contributed by atoms with Gasteiger partial charge in [-0.15, -0.1) is 0 Å². The Morgan fingerprint density at radius 3 is 2.61 bits per heavy atom. The highest BCUT2D eigenvalue weighted by Crippen LogP contribution is 2.35. The number of nitriles is 1.